The van der Waals surface area contributed by atoms with E-state index in [2.05, 4.69) is 47.4 Å². The van der Waals surface area contributed by atoms with Crippen LogP contribution in [0.1, 0.15) is 0 Å². The number of thiazole rings is 2. The normalized spacial score (nSPS) is 11.5. The lowest BCUT2D eigenvalue weighted by Gasteiger charge is -1.91. The fourth-order valence-electron chi connectivity index (χ4n) is 1.97. The quantitative estimate of drug-likeness (QED) is 0.314. The molecule has 2 nitrogen and oxygen atoms in total. The molecule has 110 valence electrons. The van der Waals surface area contributed by atoms with Crippen molar-refractivity contribution in [3.05, 3.63) is 36.4 Å². The highest BCUT2D eigenvalue weighted by molar-refractivity contribution is 8.77. The van der Waals surface area contributed by atoms with Crippen molar-refractivity contribution in [1.29, 1.82) is 0 Å². The molecule has 0 N–H and O–H groups in total. The third-order valence-electron chi connectivity index (χ3n) is 2.94. The molecule has 2 heterocycles. The van der Waals surface area contributed by atoms with Crippen LogP contribution in [0.4, 0.5) is 0 Å². The van der Waals surface area contributed by atoms with Crippen molar-refractivity contribution in [2.24, 2.45) is 0 Å². The first-order valence-electron chi connectivity index (χ1n) is 6.22. The van der Waals surface area contributed by atoms with E-state index in [1.165, 1.54) is 0 Å². The number of benzene rings is 2. The van der Waals surface area contributed by atoms with Gasteiger partial charge in [0.2, 0.25) is 0 Å². The maximum atomic E-state index is 4.64. The lowest BCUT2D eigenvalue weighted by molar-refractivity contribution is 1.27. The highest BCUT2D eigenvalue weighted by atomic mass is 33.1. The van der Waals surface area contributed by atoms with Crippen LogP contribution in [0.25, 0.3) is 20.4 Å². The van der Waals surface area contributed by atoms with Gasteiger partial charge in [0.25, 0.3) is 0 Å². The number of hydrogen-bond acceptors (Lipinski definition) is 8. The van der Waals surface area contributed by atoms with Gasteiger partial charge in [0.15, 0.2) is 8.68 Å². The topological polar surface area (TPSA) is 25.8 Å². The molecule has 0 aliphatic rings. The average molecular weight is 397 g/mol. The summed E-state index contributed by atoms with van der Waals surface area (Å²) in [6.07, 6.45) is 0. The minimum atomic E-state index is 0.922. The molecule has 2 aromatic carbocycles. The summed E-state index contributed by atoms with van der Waals surface area (Å²) in [6.45, 7) is 0. The van der Waals surface area contributed by atoms with E-state index in [0.717, 1.165) is 38.9 Å². The second-order valence-corrected chi connectivity index (χ2v) is 10.0. The molecule has 0 bridgehead atoms. The van der Waals surface area contributed by atoms with Gasteiger partial charge < -0.3 is 0 Å². The summed E-state index contributed by atoms with van der Waals surface area (Å²) in [7, 11) is 3.28. The van der Waals surface area contributed by atoms with Crippen molar-refractivity contribution in [3.8, 4) is 0 Å². The van der Waals surface area contributed by atoms with E-state index in [1.807, 2.05) is 24.3 Å². The summed E-state index contributed by atoms with van der Waals surface area (Å²) in [6, 6.07) is 12.1. The van der Waals surface area contributed by atoms with Crippen LogP contribution in [0, 0.1) is 0 Å². The van der Waals surface area contributed by atoms with Gasteiger partial charge in [-0.3, -0.25) is 0 Å². The largest absolute Gasteiger partial charge is 0.228 e. The predicted molar refractivity (Wildman–Crippen MR) is 105 cm³/mol. The Hall–Kier alpha value is -0.380. The number of nitrogens with zero attached hydrogens (tertiary/aromatic N) is 2. The number of hydrogen-bond donors (Lipinski definition) is 2. The van der Waals surface area contributed by atoms with E-state index in [0.29, 0.717) is 0 Å². The van der Waals surface area contributed by atoms with Crippen molar-refractivity contribution >= 4 is 90.0 Å². The van der Waals surface area contributed by atoms with Gasteiger partial charge in [0.05, 0.1) is 20.4 Å². The Balaban J connectivity index is 1.60. The molecule has 8 heteroatoms. The van der Waals surface area contributed by atoms with Crippen LogP contribution in [0.15, 0.2) is 54.9 Å². The molecule has 0 saturated carbocycles. The third kappa shape index (κ3) is 2.88. The van der Waals surface area contributed by atoms with Crippen molar-refractivity contribution in [2.75, 3.05) is 0 Å². The Morgan fingerprint density at radius 2 is 1.18 bits per heavy atom. The monoisotopic (exact) mass is 396 g/mol. The smallest absolute Gasteiger partial charge is 0.162 e. The highest BCUT2D eigenvalue weighted by Crippen LogP contribution is 2.44. The van der Waals surface area contributed by atoms with E-state index in [-0.39, 0.29) is 0 Å². The first kappa shape index (κ1) is 15.2. The van der Waals surface area contributed by atoms with E-state index in [1.54, 1.807) is 44.3 Å². The number of para-hydroxylation sites is 2. The zero-order chi connectivity index (χ0) is 15.1. The minimum absolute atomic E-state index is 0.922. The van der Waals surface area contributed by atoms with Gasteiger partial charge in [-0.2, -0.15) is 0 Å². The van der Waals surface area contributed by atoms with E-state index < -0.39 is 0 Å². The van der Waals surface area contributed by atoms with Gasteiger partial charge in [-0.15, -0.1) is 47.9 Å². The summed E-state index contributed by atoms with van der Waals surface area (Å²) in [5.74, 6) is 0. The fraction of sp³-hybridized carbons (Fsp3) is 0. The van der Waals surface area contributed by atoms with Crippen LogP contribution in [0.3, 0.4) is 0 Å². The van der Waals surface area contributed by atoms with Gasteiger partial charge in [0, 0.05) is 9.79 Å². The molecular formula is C14H8N2S6. The second kappa shape index (κ2) is 6.26. The maximum absolute atomic E-state index is 4.64. The Morgan fingerprint density at radius 3 is 1.59 bits per heavy atom. The number of aromatic nitrogens is 2. The molecule has 4 aromatic rings. The van der Waals surface area contributed by atoms with Crippen LogP contribution in [-0.2, 0) is 0 Å². The molecule has 0 atom stereocenters. The highest BCUT2D eigenvalue weighted by Gasteiger charge is 2.11. The fourth-order valence-corrected chi connectivity index (χ4v) is 7.17. The summed E-state index contributed by atoms with van der Waals surface area (Å²) >= 11 is 12.3. The van der Waals surface area contributed by atoms with E-state index >= 15 is 0 Å². The van der Waals surface area contributed by atoms with E-state index in [9.17, 15) is 0 Å². The molecule has 0 radical (unpaired) electrons. The molecule has 0 unspecified atom stereocenters. The molecule has 0 fully saturated rings. The predicted octanol–water partition coefficient (Wildman–Crippen LogP) is 6.28. The van der Waals surface area contributed by atoms with Crippen molar-refractivity contribution in [2.45, 2.75) is 18.5 Å². The zero-order valence-corrected chi connectivity index (χ0v) is 15.9. The van der Waals surface area contributed by atoms with Crippen molar-refractivity contribution in [1.82, 2.24) is 9.97 Å². The molecule has 0 aliphatic heterocycles. The van der Waals surface area contributed by atoms with Crippen LogP contribution < -0.4 is 0 Å². The Kier molecular flexibility index (Phi) is 4.31. The van der Waals surface area contributed by atoms with Gasteiger partial charge in [-0.05, 0) is 45.9 Å². The molecular weight excluding hydrogens is 389 g/mol. The number of thiol groups is 2. The lowest BCUT2D eigenvalue weighted by Crippen LogP contribution is -1.71. The van der Waals surface area contributed by atoms with Crippen LogP contribution in [0.2, 0.25) is 0 Å². The van der Waals surface area contributed by atoms with Crippen molar-refractivity contribution < 1.29 is 0 Å². The number of fused-ring (bicyclic) bond motifs is 2. The molecule has 0 saturated heterocycles. The van der Waals surface area contributed by atoms with Gasteiger partial charge in [0.1, 0.15) is 0 Å². The van der Waals surface area contributed by atoms with Gasteiger partial charge >= 0.3 is 0 Å². The average Bonchev–Trinajstić information content (AvgIpc) is 3.10. The van der Waals surface area contributed by atoms with Crippen molar-refractivity contribution in [3.63, 3.8) is 0 Å². The molecule has 0 spiro atoms. The summed E-state index contributed by atoms with van der Waals surface area (Å²) in [5.41, 5.74) is 1.95. The van der Waals surface area contributed by atoms with Gasteiger partial charge in [-0.25, -0.2) is 9.97 Å². The SMILES string of the molecule is Sc1cccc2sc(SSc3nc4c(S)cccc4s3)nc12. The van der Waals surface area contributed by atoms with Gasteiger partial charge in [-0.1, -0.05) is 12.1 Å². The molecule has 4 rings (SSSR count). The van der Waals surface area contributed by atoms with Crippen LogP contribution >= 0.6 is 69.5 Å². The minimum Gasteiger partial charge on any atom is -0.228 e. The number of rotatable bonds is 3. The third-order valence-corrected chi connectivity index (χ3v) is 8.67. The van der Waals surface area contributed by atoms with Crippen LogP contribution in [0.5, 0.6) is 0 Å². The van der Waals surface area contributed by atoms with E-state index in [4.69, 9.17) is 0 Å². The Bertz CT molecular complexity index is 894. The maximum Gasteiger partial charge on any atom is 0.162 e. The first-order chi connectivity index (χ1) is 10.7. The zero-order valence-electron chi connectivity index (χ0n) is 10.9. The second-order valence-electron chi connectivity index (χ2n) is 4.37. The Labute approximate surface area is 154 Å². The summed E-state index contributed by atoms with van der Waals surface area (Å²) in [4.78, 5) is 11.1. The standard InChI is InChI=1S/C14H8N2S6/c17-7-3-1-5-9-11(7)15-13(19-9)21-22-14-16-12-8(18)4-2-6-10(12)20-14/h1-6,17-18H. The molecule has 0 amide bonds. The van der Waals surface area contributed by atoms with Crippen LogP contribution in [-0.4, -0.2) is 9.97 Å². The summed E-state index contributed by atoms with van der Waals surface area (Å²) in [5, 5.41) is 0. The molecule has 0 aliphatic carbocycles. The molecule has 2 aromatic heterocycles. The first-order valence-corrected chi connectivity index (χ1v) is 10.9. The summed E-state index contributed by atoms with van der Waals surface area (Å²) < 4.78 is 4.37. The molecule has 22 heavy (non-hydrogen) atoms. The lowest BCUT2D eigenvalue weighted by atomic mass is 10.3. The Morgan fingerprint density at radius 1 is 0.727 bits per heavy atom.